The molecule has 0 bridgehead atoms. The molecule has 0 aliphatic carbocycles. The Morgan fingerprint density at radius 3 is 2.94 bits per heavy atom. The van der Waals surface area contributed by atoms with Crippen LogP contribution in [0.1, 0.15) is 17.8 Å². The first-order valence-corrected chi connectivity index (χ1v) is 5.50. The first kappa shape index (κ1) is 11.7. The van der Waals surface area contributed by atoms with E-state index < -0.39 is 0 Å². The van der Waals surface area contributed by atoms with Gasteiger partial charge < -0.3 is 10.3 Å². The van der Waals surface area contributed by atoms with Gasteiger partial charge >= 0.3 is 0 Å². The summed E-state index contributed by atoms with van der Waals surface area (Å²) in [5.41, 5.74) is 6.69. The van der Waals surface area contributed by atoms with Crippen LogP contribution in [0.25, 0.3) is 11.5 Å². The summed E-state index contributed by atoms with van der Waals surface area (Å²) in [7, 11) is 0. The van der Waals surface area contributed by atoms with Crippen molar-refractivity contribution in [3.05, 3.63) is 35.4 Å². The summed E-state index contributed by atoms with van der Waals surface area (Å²) < 4.78 is 18.2. The van der Waals surface area contributed by atoms with Crippen LogP contribution in [-0.4, -0.2) is 16.7 Å². The second-order valence-electron chi connectivity index (χ2n) is 3.87. The van der Waals surface area contributed by atoms with Crippen molar-refractivity contribution in [3.8, 4) is 11.5 Å². The fraction of sp³-hybridized carbons (Fsp3) is 0.333. The normalized spacial score (nSPS) is 10.8. The van der Waals surface area contributed by atoms with Crippen molar-refractivity contribution in [2.75, 3.05) is 6.54 Å². The molecule has 5 heteroatoms. The molecule has 0 saturated heterocycles. The highest BCUT2D eigenvalue weighted by molar-refractivity contribution is 5.54. The van der Waals surface area contributed by atoms with E-state index in [1.165, 1.54) is 6.07 Å². The van der Waals surface area contributed by atoms with E-state index in [1.54, 1.807) is 19.1 Å². The van der Waals surface area contributed by atoms with Gasteiger partial charge in [0.2, 0.25) is 0 Å². The zero-order valence-corrected chi connectivity index (χ0v) is 9.61. The van der Waals surface area contributed by atoms with Gasteiger partial charge in [-0.2, -0.15) is 4.98 Å². The number of aromatic nitrogens is 2. The SMILES string of the molecule is Cc1cc(-c2nc(CCCN)no2)ccc1F. The maximum absolute atomic E-state index is 13.1. The molecular formula is C12H14FN3O. The van der Waals surface area contributed by atoms with E-state index in [-0.39, 0.29) is 5.82 Å². The molecule has 4 nitrogen and oxygen atoms in total. The topological polar surface area (TPSA) is 64.9 Å². The molecule has 0 unspecified atom stereocenters. The Kier molecular flexibility index (Phi) is 3.49. The molecule has 0 aliphatic heterocycles. The number of aryl methyl sites for hydroxylation is 2. The van der Waals surface area contributed by atoms with E-state index >= 15 is 0 Å². The average Bonchev–Trinajstić information content (AvgIpc) is 2.79. The van der Waals surface area contributed by atoms with Crippen LogP contribution in [0.2, 0.25) is 0 Å². The van der Waals surface area contributed by atoms with Crippen molar-refractivity contribution in [2.45, 2.75) is 19.8 Å². The predicted molar refractivity (Wildman–Crippen MR) is 61.8 cm³/mol. The number of hydrogen-bond donors (Lipinski definition) is 1. The maximum Gasteiger partial charge on any atom is 0.257 e. The Labute approximate surface area is 98.6 Å². The van der Waals surface area contributed by atoms with Crippen LogP contribution in [0, 0.1) is 12.7 Å². The van der Waals surface area contributed by atoms with Crippen LogP contribution in [0.15, 0.2) is 22.7 Å². The molecule has 0 saturated carbocycles. The summed E-state index contributed by atoms with van der Waals surface area (Å²) >= 11 is 0. The van der Waals surface area contributed by atoms with Gasteiger partial charge in [0.1, 0.15) is 5.82 Å². The lowest BCUT2D eigenvalue weighted by molar-refractivity contribution is 0.421. The molecule has 2 N–H and O–H groups in total. The summed E-state index contributed by atoms with van der Waals surface area (Å²) in [5, 5.41) is 3.85. The molecule has 0 fully saturated rings. The van der Waals surface area contributed by atoms with Crippen molar-refractivity contribution in [1.29, 1.82) is 0 Å². The molecule has 90 valence electrons. The largest absolute Gasteiger partial charge is 0.334 e. The minimum absolute atomic E-state index is 0.239. The molecule has 0 radical (unpaired) electrons. The molecule has 17 heavy (non-hydrogen) atoms. The lowest BCUT2D eigenvalue weighted by Crippen LogP contribution is -2.01. The molecule has 0 atom stereocenters. The maximum atomic E-state index is 13.1. The van der Waals surface area contributed by atoms with E-state index in [0.29, 0.717) is 30.2 Å². The highest BCUT2D eigenvalue weighted by atomic mass is 19.1. The summed E-state index contributed by atoms with van der Waals surface area (Å²) in [4.78, 5) is 4.23. The van der Waals surface area contributed by atoms with Crippen molar-refractivity contribution >= 4 is 0 Å². The molecule has 2 aromatic rings. The minimum atomic E-state index is -0.239. The molecule has 1 aromatic carbocycles. The van der Waals surface area contributed by atoms with Gasteiger partial charge in [-0.15, -0.1) is 0 Å². The monoisotopic (exact) mass is 235 g/mol. The molecule has 0 amide bonds. The molecule has 0 spiro atoms. The van der Waals surface area contributed by atoms with E-state index in [1.807, 2.05) is 0 Å². The Hall–Kier alpha value is -1.75. The van der Waals surface area contributed by atoms with Crippen LogP contribution in [0.4, 0.5) is 4.39 Å². The summed E-state index contributed by atoms with van der Waals surface area (Å²) in [5.74, 6) is 0.809. The smallest absolute Gasteiger partial charge is 0.257 e. The number of nitrogens with zero attached hydrogens (tertiary/aromatic N) is 2. The van der Waals surface area contributed by atoms with Gasteiger partial charge in [-0.3, -0.25) is 0 Å². The van der Waals surface area contributed by atoms with Crippen LogP contribution in [0.5, 0.6) is 0 Å². The van der Waals surface area contributed by atoms with E-state index in [2.05, 4.69) is 10.1 Å². The average molecular weight is 235 g/mol. The third-order valence-corrected chi connectivity index (χ3v) is 2.48. The van der Waals surface area contributed by atoms with Crippen molar-refractivity contribution in [2.24, 2.45) is 5.73 Å². The highest BCUT2D eigenvalue weighted by Gasteiger charge is 2.09. The zero-order chi connectivity index (χ0) is 12.3. The number of rotatable bonds is 4. The van der Waals surface area contributed by atoms with Crippen molar-refractivity contribution in [1.82, 2.24) is 10.1 Å². The van der Waals surface area contributed by atoms with Crippen molar-refractivity contribution in [3.63, 3.8) is 0 Å². The van der Waals surface area contributed by atoms with Gasteiger partial charge in [0.05, 0.1) is 0 Å². The van der Waals surface area contributed by atoms with Crippen LogP contribution in [0.3, 0.4) is 0 Å². The summed E-state index contributed by atoms with van der Waals surface area (Å²) in [6.07, 6.45) is 1.52. The molecule has 1 heterocycles. The number of halogens is 1. The van der Waals surface area contributed by atoms with Gasteiger partial charge in [0, 0.05) is 12.0 Å². The first-order valence-electron chi connectivity index (χ1n) is 5.50. The number of nitrogens with two attached hydrogens (primary N) is 1. The zero-order valence-electron chi connectivity index (χ0n) is 9.61. The van der Waals surface area contributed by atoms with Gasteiger partial charge in [-0.05, 0) is 43.7 Å². The lowest BCUT2D eigenvalue weighted by Gasteiger charge is -1.97. The van der Waals surface area contributed by atoms with Crippen LogP contribution >= 0.6 is 0 Å². The second-order valence-corrected chi connectivity index (χ2v) is 3.87. The Morgan fingerprint density at radius 1 is 1.41 bits per heavy atom. The molecular weight excluding hydrogens is 221 g/mol. The van der Waals surface area contributed by atoms with Crippen LogP contribution in [-0.2, 0) is 6.42 Å². The summed E-state index contributed by atoms with van der Waals surface area (Å²) in [6, 6.07) is 4.71. The quantitative estimate of drug-likeness (QED) is 0.881. The van der Waals surface area contributed by atoms with Crippen LogP contribution < -0.4 is 5.73 Å². The fourth-order valence-electron chi connectivity index (χ4n) is 1.51. The van der Waals surface area contributed by atoms with Gasteiger partial charge in [0.25, 0.3) is 5.89 Å². The van der Waals surface area contributed by atoms with E-state index in [0.717, 1.165) is 12.0 Å². The molecule has 0 aliphatic rings. The lowest BCUT2D eigenvalue weighted by atomic mass is 10.1. The third-order valence-electron chi connectivity index (χ3n) is 2.48. The second kappa shape index (κ2) is 5.05. The highest BCUT2D eigenvalue weighted by Crippen LogP contribution is 2.20. The Morgan fingerprint density at radius 2 is 2.24 bits per heavy atom. The molecule has 1 aromatic heterocycles. The van der Waals surface area contributed by atoms with Crippen molar-refractivity contribution < 1.29 is 8.91 Å². The minimum Gasteiger partial charge on any atom is -0.334 e. The van der Waals surface area contributed by atoms with E-state index in [9.17, 15) is 4.39 Å². The standard InChI is InChI=1S/C12H14FN3O/c1-8-7-9(4-5-10(8)13)12-15-11(16-17-12)3-2-6-14/h4-5,7H,2-3,6,14H2,1H3. The summed E-state index contributed by atoms with van der Waals surface area (Å²) in [6.45, 7) is 2.30. The van der Waals surface area contributed by atoms with E-state index in [4.69, 9.17) is 10.3 Å². The Balaban J connectivity index is 2.21. The number of hydrogen-bond acceptors (Lipinski definition) is 4. The third kappa shape index (κ3) is 2.68. The molecule has 2 rings (SSSR count). The number of benzene rings is 1. The van der Waals surface area contributed by atoms with Gasteiger partial charge in [-0.1, -0.05) is 5.16 Å². The van der Waals surface area contributed by atoms with Gasteiger partial charge in [0.15, 0.2) is 5.82 Å². The predicted octanol–water partition coefficient (Wildman–Crippen LogP) is 2.08. The van der Waals surface area contributed by atoms with Gasteiger partial charge in [-0.25, -0.2) is 4.39 Å². The Bertz CT molecular complexity index is 510. The first-order chi connectivity index (χ1) is 8.20. The fourth-order valence-corrected chi connectivity index (χ4v) is 1.51.